The number of hydrogen-bond acceptors (Lipinski definition) is 6. The summed E-state index contributed by atoms with van der Waals surface area (Å²) < 4.78 is 19.5. The Balaban J connectivity index is 2.50. The monoisotopic (exact) mass is 287 g/mol. The quantitative estimate of drug-likeness (QED) is 0.591. The van der Waals surface area contributed by atoms with Crippen LogP contribution in [0.15, 0.2) is 20.8 Å². The van der Waals surface area contributed by atoms with Gasteiger partial charge in [0.2, 0.25) is 11.5 Å². The molecule has 0 aromatic carbocycles. The molecule has 2 rings (SSSR count). The van der Waals surface area contributed by atoms with Crippen molar-refractivity contribution in [3.05, 3.63) is 32.9 Å². The maximum absolute atomic E-state index is 13.3. The first-order chi connectivity index (χ1) is 9.36. The predicted octanol–water partition coefficient (Wildman–Crippen LogP) is -1.41. The Labute approximate surface area is 112 Å². The van der Waals surface area contributed by atoms with E-state index in [2.05, 4.69) is 11.7 Å². The summed E-state index contributed by atoms with van der Waals surface area (Å²) in [7, 11) is 0. The normalized spacial score (nSPS) is 33.3. The predicted molar refractivity (Wildman–Crippen MR) is 65.9 cm³/mol. The molecule has 1 aromatic rings. The third kappa shape index (κ3) is 1.99. The van der Waals surface area contributed by atoms with Crippen LogP contribution >= 0.6 is 0 Å². The van der Waals surface area contributed by atoms with Crippen molar-refractivity contribution in [3.63, 3.8) is 0 Å². The molecule has 1 saturated heterocycles. The molecule has 1 aromatic heterocycles. The molecule has 2 heterocycles. The molecular formula is C11H14FN3O5. The second kappa shape index (κ2) is 4.93. The van der Waals surface area contributed by atoms with E-state index in [4.69, 9.17) is 4.74 Å². The second-order valence-electron chi connectivity index (χ2n) is 4.62. The van der Waals surface area contributed by atoms with E-state index in [1.54, 1.807) is 4.98 Å². The molecule has 8 nitrogen and oxygen atoms in total. The largest absolute Gasteiger partial charge is 0.391 e. The third-order valence-corrected chi connectivity index (χ3v) is 3.43. The van der Waals surface area contributed by atoms with Crippen LogP contribution in [0.3, 0.4) is 0 Å². The number of rotatable bonds is 3. The lowest BCUT2D eigenvalue weighted by molar-refractivity contribution is -0.122. The minimum Gasteiger partial charge on any atom is -0.391 e. The summed E-state index contributed by atoms with van der Waals surface area (Å²) in [6.07, 6.45) is -1.65. The summed E-state index contributed by atoms with van der Waals surface area (Å²) in [4.78, 5) is 28.0. The minimum atomic E-state index is -1.68. The van der Waals surface area contributed by atoms with Crippen LogP contribution in [0.4, 0.5) is 4.39 Å². The first-order valence-electron chi connectivity index (χ1n) is 5.82. The molecule has 20 heavy (non-hydrogen) atoms. The van der Waals surface area contributed by atoms with Gasteiger partial charge in [0.1, 0.15) is 12.3 Å². The van der Waals surface area contributed by atoms with Gasteiger partial charge in [-0.3, -0.25) is 19.3 Å². The number of nitrogens with one attached hydrogen (secondary N) is 1. The second-order valence-corrected chi connectivity index (χ2v) is 4.62. The van der Waals surface area contributed by atoms with Gasteiger partial charge in [-0.15, -0.1) is 0 Å². The highest BCUT2D eigenvalue weighted by atomic mass is 19.1. The van der Waals surface area contributed by atoms with E-state index in [1.807, 2.05) is 0 Å². The number of halogens is 1. The lowest BCUT2D eigenvalue weighted by atomic mass is 9.98. The van der Waals surface area contributed by atoms with Gasteiger partial charge in [0, 0.05) is 5.92 Å². The number of H-pyrrole nitrogens is 1. The van der Waals surface area contributed by atoms with Crippen molar-refractivity contribution < 1.29 is 19.3 Å². The van der Waals surface area contributed by atoms with Crippen molar-refractivity contribution in [1.82, 2.24) is 9.55 Å². The van der Waals surface area contributed by atoms with Crippen LogP contribution in [0, 0.1) is 11.7 Å². The Kier molecular flexibility index (Phi) is 3.59. The van der Waals surface area contributed by atoms with Gasteiger partial charge in [0.15, 0.2) is 0 Å². The Morgan fingerprint density at radius 2 is 2.30 bits per heavy atom. The van der Waals surface area contributed by atoms with Gasteiger partial charge in [-0.1, -0.05) is 6.92 Å². The highest BCUT2D eigenvalue weighted by molar-refractivity contribution is 5.26. The topological polar surface area (TPSA) is 117 Å². The highest BCUT2D eigenvalue weighted by Gasteiger charge is 2.53. The van der Waals surface area contributed by atoms with Gasteiger partial charge < -0.3 is 14.9 Å². The lowest BCUT2D eigenvalue weighted by Crippen LogP contribution is -2.42. The molecule has 110 valence electrons. The molecule has 0 saturated carbocycles. The molecule has 0 aliphatic carbocycles. The van der Waals surface area contributed by atoms with E-state index in [0.717, 1.165) is 4.57 Å². The standard InChI is InChI=1S/C11H14FN3O5/c1-5-7(17)11(4-16,13-2)20-9(5)15-3-6(12)8(18)14-10(15)19/h3,5,7,9,16-17H,2,4H2,1H3,(H,14,18,19). The molecule has 1 aliphatic rings. The first-order valence-corrected chi connectivity index (χ1v) is 5.82. The molecule has 4 atom stereocenters. The maximum atomic E-state index is 13.3. The van der Waals surface area contributed by atoms with Crippen LogP contribution in [0.2, 0.25) is 0 Å². The zero-order valence-electron chi connectivity index (χ0n) is 10.6. The van der Waals surface area contributed by atoms with Crippen LogP contribution in [0.1, 0.15) is 13.2 Å². The van der Waals surface area contributed by atoms with Gasteiger partial charge >= 0.3 is 5.69 Å². The van der Waals surface area contributed by atoms with Crippen molar-refractivity contribution >= 4 is 6.72 Å². The van der Waals surface area contributed by atoms with Crippen LogP contribution < -0.4 is 11.2 Å². The molecule has 0 bridgehead atoms. The molecule has 1 aliphatic heterocycles. The van der Waals surface area contributed by atoms with E-state index in [9.17, 15) is 24.2 Å². The summed E-state index contributed by atoms with van der Waals surface area (Å²) in [5.41, 5.74) is -3.72. The van der Waals surface area contributed by atoms with E-state index in [0.29, 0.717) is 6.20 Å². The summed E-state index contributed by atoms with van der Waals surface area (Å²) in [6.45, 7) is 4.12. The zero-order valence-corrected chi connectivity index (χ0v) is 10.6. The lowest BCUT2D eigenvalue weighted by Gasteiger charge is -2.25. The fourth-order valence-corrected chi connectivity index (χ4v) is 2.22. The fraction of sp³-hybridized carbons (Fsp3) is 0.545. The summed E-state index contributed by atoms with van der Waals surface area (Å²) in [5, 5.41) is 19.4. The summed E-state index contributed by atoms with van der Waals surface area (Å²) in [5.74, 6) is -1.85. The fourth-order valence-electron chi connectivity index (χ4n) is 2.22. The molecule has 4 unspecified atom stereocenters. The average Bonchev–Trinajstić information content (AvgIpc) is 2.68. The van der Waals surface area contributed by atoms with Gasteiger partial charge in [-0.05, 0) is 6.72 Å². The number of aliphatic imine (C=N–C) groups is 1. The Hall–Kier alpha value is -1.84. The number of aromatic nitrogens is 2. The van der Waals surface area contributed by atoms with Crippen LogP contribution in [0.5, 0.6) is 0 Å². The number of aliphatic hydroxyl groups excluding tert-OH is 2. The van der Waals surface area contributed by atoms with Crippen LogP contribution in [-0.4, -0.2) is 44.9 Å². The Bertz CT molecular complexity index is 642. The zero-order chi connectivity index (χ0) is 15.1. The smallest absolute Gasteiger partial charge is 0.330 e. The molecule has 0 amide bonds. The Morgan fingerprint density at radius 3 is 2.80 bits per heavy atom. The summed E-state index contributed by atoms with van der Waals surface area (Å²) in [6, 6.07) is 0. The molecule has 0 radical (unpaired) electrons. The van der Waals surface area contributed by atoms with Gasteiger partial charge in [-0.25, -0.2) is 4.79 Å². The van der Waals surface area contributed by atoms with E-state index in [-0.39, 0.29) is 0 Å². The van der Waals surface area contributed by atoms with Crippen LogP contribution in [0.25, 0.3) is 0 Å². The van der Waals surface area contributed by atoms with E-state index < -0.39 is 47.6 Å². The number of aliphatic hydroxyl groups is 2. The van der Waals surface area contributed by atoms with Crippen molar-refractivity contribution in [2.75, 3.05) is 6.61 Å². The van der Waals surface area contributed by atoms with E-state index in [1.165, 1.54) is 6.92 Å². The first kappa shape index (κ1) is 14.6. The molecule has 1 fully saturated rings. The van der Waals surface area contributed by atoms with Crippen molar-refractivity contribution in [3.8, 4) is 0 Å². The highest BCUT2D eigenvalue weighted by Crippen LogP contribution is 2.41. The minimum absolute atomic E-state index is 0.654. The van der Waals surface area contributed by atoms with Crippen LogP contribution in [-0.2, 0) is 4.74 Å². The third-order valence-electron chi connectivity index (χ3n) is 3.43. The maximum Gasteiger partial charge on any atom is 0.330 e. The van der Waals surface area contributed by atoms with Crippen molar-refractivity contribution in [1.29, 1.82) is 0 Å². The van der Waals surface area contributed by atoms with Gasteiger partial charge in [-0.2, -0.15) is 4.39 Å². The van der Waals surface area contributed by atoms with Crippen molar-refractivity contribution in [2.24, 2.45) is 10.9 Å². The number of ether oxygens (including phenoxy) is 1. The molecule has 9 heteroatoms. The number of hydrogen-bond donors (Lipinski definition) is 3. The van der Waals surface area contributed by atoms with Crippen molar-refractivity contribution in [2.45, 2.75) is 25.0 Å². The number of aromatic amines is 1. The molecule has 0 spiro atoms. The molecule has 3 N–H and O–H groups in total. The van der Waals surface area contributed by atoms with Gasteiger partial charge in [0.05, 0.1) is 12.8 Å². The average molecular weight is 287 g/mol. The van der Waals surface area contributed by atoms with Gasteiger partial charge in [0.25, 0.3) is 5.56 Å². The SMILES string of the molecule is C=NC1(CO)OC(n2cc(F)c(=O)[nH]c2=O)C(C)C1O. The Morgan fingerprint density at radius 1 is 1.65 bits per heavy atom. The molecular weight excluding hydrogens is 273 g/mol. The van der Waals surface area contributed by atoms with E-state index >= 15 is 0 Å². The number of nitrogens with zero attached hydrogens (tertiary/aromatic N) is 2. The summed E-state index contributed by atoms with van der Waals surface area (Å²) >= 11 is 0.